The maximum atomic E-state index is 12.0. The van der Waals surface area contributed by atoms with E-state index in [-0.39, 0.29) is 11.9 Å². The lowest BCUT2D eigenvalue weighted by Gasteiger charge is -2.33. The van der Waals surface area contributed by atoms with E-state index in [1.54, 1.807) is 0 Å². The van der Waals surface area contributed by atoms with Gasteiger partial charge in [0.1, 0.15) is 0 Å². The molecular weight excluding hydrogens is 190 g/mol. The van der Waals surface area contributed by atoms with Crippen molar-refractivity contribution in [2.45, 2.75) is 39.3 Å². The second-order valence-electron chi connectivity index (χ2n) is 4.88. The number of nitrogens with one attached hydrogen (secondary N) is 1. The second-order valence-corrected chi connectivity index (χ2v) is 4.88. The molecule has 0 spiro atoms. The fourth-order valence-electron chi connectivity index (χ4n) is 1.98. The van der Waals surface area contributed by atoms with Gasteiger partial charge in [-0.2, -0.15) is 0 Å². The summed E-state index contributed by atoms with van der Waals surface area (Å²) >= 11 is 0. The highest BCUT2D eigenvalue weighted by Crippen LogP contribution is 2.07. The molecule has 0 aromatic heterocycles. The molecule has 0 radical (unpaired) electrons. The molecule has 88 valence electrons. The molecule has 0 aromatic carbocycles. The molecule has 1 fully saturated rings. The Hall–Kier alpha value is -0.610. The highest BCUT2D eigenvalue weighted by molar-refractivity contribution is 5.81. The summed E-state index contributed by atoms with van der Waals surface area (Å²) < 4.78 is 0. The first-order valence-electron chi connectivity index (χ1n) is 5.78. The van der Waals surface area contributed by atoms with Gasteiger partial charge in [0.25, 0.3) is 0 Å². The first-order valence-corrected chi connectivity index (χ1v) is 5.78. The topological polar surface area (TPSA) is 58.4 Å². The van der Waals surface area contributed by atoms with Gasteiger partial charge in [-0.25, -0.2) is 0 Å². The first kappa shape index (κ1) is 12.5. The quantitative estimate of drug-likeness (QED) is 0.703. The van der Waals surface area contributed by atoms with Gasteiger partial charge >= 0.3 is 0 Å². The monoisotopic (exact) mass is 213 g/mol. The normalized spacial score (nSPS) is 24.3. The minimum Gasteiger partial charge on any atom is -0.339 e. The lowest BCUT2D eigenvalue weighted by Crippen LogP contribution is -2.55. The number of nitrogens with two attached hydrogens (primary N) is 1. The van der Waals surface area contributed by atoms with Gasteiger partial charge in [-0.15, -0.1) is 0 Å². The fourth-order valence-corrected chi connectivity index (χ4v) is 1.98. The lowest BCUT2D eigenvalue weighted by atomic mass is 10.0. The summed E-state index contributed by atoms with van der Waals surface area (Å²) in [5.41, 5.74) is 5.88. The summed E-state index contributed by atoms with van der Waals surface area (Å²) in [6.07, 6.45) is 0.775. The average Bonchev–Trinajstić information content (AvgIpc) is 2.15. The maximum absolute atomic E-state index is 12.0. The van der Waals surface area contributed by atoms with Crippen molar-refractivity contribution in [1.29, 1.82) is 0 Å². The largest absolute Gasteiger partial charge is 0.339 e. The summed E-state index contributed by atoms with van der Waals surface area (Å²) in [4.78, 5) is 13.8. The number of carbonyl (C=O) groups is 1. The first-order chi connectivity index (χ1) is 7.00. The van der Waals surface area contributed by atoms with Crippen molar-refractivity contribution in [1.82, 2.24) is 10.2 Å². The highest BCUT2D eigenvalue weighted by Gasteiger charge is 2.25. The number of hydrogen-bond donors (Lipinski definition) is 2. The van der Waals surface area contributed by atoms with Crippen LogP contribution < -0.4 is 11.1 Å². The Bertz CT molecular complexity index is 218. The van der Waals surface area contributed by atoms with Gasteiger partial charge in [-0.3, -0.25) is 4.79 Å². The molecule has 1 rings (SSSR count). The molecule has 1 unspecified atom stereocenters. The predicted molar refractivity (Wildman–Crippen MR) is 61.5 cm³/mol. The molecule has 2 atom stereocenters. The van der Waals surface area contributed by atoms with Crippen LogP contribution in [0.2, 0.25) is 0 Å². The third kappa shape index (κ3) is 3.80. The van der Waals surface area contributed by atoms with Crippen LogP contribution in [-0.4, -0.2) is 42.5 Å². The van der Waals surface area contributed by atoms with Crippen LogP contribution in [-0.2, 0) is 4.79 Å². The zero-order valence-corrected chi connectivity index (χ0v) is 9.99. The van der Waals surface area contributed by atoms with E-state index in [1.807, 2.05) is 4.90 Å². The smallest absolute Gasteiger partial charge is 0.239 e. The average molecular weight is 213 g/mol. The Balaban J connectivity index is 2.44. The second kappa shape index (κ2) is 5.47. The van der Waals surface area contributed by atoms with Crippen molar-refractivity contribution in [2.24, 2.45) is 11.7 Å². The number of nitrogens with zero attached hydrogens (tertiary/aromatic N) is 1. The molecule has 3 N–H and O–H groups in total. The van der Waals surface area contributed by atoms with E-state index in [0.717, 1.165) is 26.1 Å². The van der Waals surface area contributed by atoms with Crippen molar-refractivity contribution in [3.8, 4) is 0 Å². The van der Waals surface area contributed by atoms with E-state index in [1.165, 1.54) is 0 Å². The molecule has 1 saturated heterocycles. The number of carbonyl (C=O) groups excluding carboxylic acids is 1. The third-order valence-electron chi connectivity index (χ3n) is 2.72. The van der Waals surface area contributed by atoms with E-state index >= 15 is 0 Å². The number of piperazine rings is 1. The Labute approximate surface area is 92.2 Å². The lowest BCUT2D eigenvalue weighted by molar-refractivity contribution is -0.134. The van der Waals surface area contributed by atoms with E-state index < -0.39 is 0 Å². The molecule has 4 nitrogen and oxygen atoms in total. The molecule has 0 aliphatic carbocycles. The molecule has 0 aromatic rings. The van der Waals surface area contributed by atoms with Crippen LogP contribution in [0, 0.1) is 5.92 Å². The zero-order chi connectivity index (χ0) is 11.4. The Morgan fingerprint density at radius 2 is 2.27 bits per heavy atom. The van der Waals surface area contributed by atoms with Crippen LogP contribution in [0.4, 0.5) is 0 Å². The molecule has 0 saturated carbocycles. The maximum Gasteiger partial charge on any atom is 0.239 e. The number of rotatable bonds is 3. The molecule has 0 bridgehead atoms. The van der Waals surface area contributed by atoms with E-state index in [4.69, 9.17) is 5.73 Å². The summed E-state index contributed by atoms with van der Waals surface area (Å²) in [5.74, 6) is 0.585. The molecule has 1 aliphatic rings. The molecular formula is C11H23N3O. The SMILES string of the molecule is CC(C)C[C@H](N)C(=O)N1CCNC(C)C1. The van der Waals surface area contributed by atoms with E-state index in [0.29, 0.717) is 12.0 Å². The van der Waals surface area contributed by atoms with E-state index in [9.17, 15) is 4.79 Å². The Kier molecular flexibility index (Phi) is 4.54. The fraction of sp³-hybridized carbons (Fsp3) is 0.909. The minimum atomic E-state index is -0.324. The Morgan fingerprint density at radius 1 is 1.60 bits per heavy atom. The summed E-state index contributed by atoms with van der Waals surface area (Å²) in [7, 11) is 0. The van der Waals surface area contributed by atoms with Gasteiger partial charge in [0.15, 0.2) is 0 Å². The Morgan fingerprint density at radius 3 is 2.80 bits per heavy atom. The van der Waals surface area contributed by atoms with Gasteiger partial charge in [0, 0.05) is 25.7 Å². The van der Waals surface area contributed by atoms with Crippen molar-refractivity contribution >= 4 is 5.91 Å². The van der Waals surface area contributed by atoms with Crippen LogP contribution >= 0.6 is 0 Å². The molecule has 4 heteroatoms. The van der Waals surface area contributed by atoms with Gasteiger partial charge < -0.3 is 16.0 Å². The predicted octanol–water partition coefficient (Wildman–Crippen LogP) is 0.180. The van der Waals surface area contributed by atoms with Crippen LogP contribution in [0.3, 0.4) is 0 Å². The number of hydrogen-bond acceptors (Lipinski definition) is 3. The van der Waals surface area contributed by atoms with Crippen LogP contribution in [0.5, 0.6) is 0 Å². The van der Waals surface area contributed by atoms with Gasteiger partial charge in [0.05, 0.1) is 6.04 Å². The van der Waals surface area contributed by atoms with Gasteiger partial charge in [-0.1, -0.05) is 13.8 Å². The van der Waals surface area contributed by atoms with Crippen LogP contribution in [0.15, 0.2) is 0 Å². The highest BCUT2D eigenvalue weighted by atomic mass is 16.2. The van der Waals surface area contributed by atoms with Crippen molar-refractivity contribution in [3.05, 3.63) is 0 Å². The zero-order valence-electron chi connectivity index (χ0n) is 9.99. The molecule has 1 aliphatic heterocycles. The van der Waals surface area contributed by atoms with Crippen molar-refractivity contribution in [2.75, 3.05) is 19.6 Å². The van der Waals surface area contributed by atoms with Crippen molar-refractivity contribution < 1.29 is 4.79 Å². The van der Waals surface area contributed by atoms with Crippen molar-refractivity contribution in [3.63, 3.8) is 0 Å². The molecule has 1 amide bonds. The third-order valence-corrected chi connectivity index (χ3v) is 2.72. The standard InChI is InChI=1S/C11H23N3O/c1-8(2)6-10(12)11(15)14-5-4-13-9(3)7-14/h8-10,13H,4-7,12H2,1-3H3/t9?,10-/m0/s1. The van der Waals surface area contributed by atoms with E-state index in [2.05, 4.69) is 26.1 Å². The number of amides is 1. The summed E-state index contributed by atoms with van der Waals surface area (Å²) in [6.45, 7) is 8.72. The van der Waals surface area contributed by atoms with Gasteiger partial charge in [-0.05, 0) is 19.3 Å². The van der Waals surface area contributed by atoms with Gasteiger partial charge in [0.2, 0.25) is 5.91 Å². The summed E-state index contributed by atoms with van der Waals surface area (Å²) in [5, 5.41) is 3.31. The van der Waals surface area contributed by atoms with Crippen LogP contribution in [0.1, 0.15) is 27.2 Å². The molecule has 1 heterocycles. The minimum absolute atomic E-state index is 0.108. The molecule has 15 heavy (non-hydrogen) atoms. The summed E-state index contributed by atoms with van der Waals surface area (Å²) in [6, 6.07) is 0.0595. The van der Waals surface area contributed by atoms with Crippen LogP contribution in [0.25, 0.3) is 0 Å².